The largest absolute Gasteiger partial charge is 0.480 e. The molecule has 3 aromatic heterocycles. The molecule has 0 aliphatic heterocycles. The van der Waals surface area contributed by atoms with Crippen LogP contribution in [0.5, 0.6) is 5.88 Å². The highest BCUT2D eigenvalue weighted by molar-refractivity contribution is 7.18. The zero-order valence-corrected chi connectivity index (χ0v) is 12.2. The predicted octanol–water partition coefficient (Wildman–Crippen LogP) is 2.51. The molecule has 0 aliphatic rings. The summed E-state index contributed by atoms with van der Waals surface area (Å²) < 4.78 is 5.00. The topological polar surface area (TPSA) is 72.8 Å². The summed E-state index contributed by atoms with van der Waals surface area (Å²) in [6.45, 7) is 2.05. The van der Waals surface area contributed by atoms with Gasteiger partial charge in [-0.25, -0.2) is 9.97 Å². The molecule has 0 fully saturated rings. The fraction of sp³-hybridized carbons (Fsp3) is 0.231. The van der Waals surface area contributed by atoms with Crippen LogP contribution in [-0.4, -0.2) is 34.3 Å². The molecule has 0 unspecified atom stereocenters. The van der Waals surface area contributed by atoms with Crippen molar-refractivity contribution in [2.24, 2.45) is 0 Å². The second-order valence-electron chi connectivity index (χ2n) is 4.18. The molecule has 0 bridgehead atoms. The lowest BCUT2D eigenvalue weighted by Crippen LogP contribution is -1.99. The van der Waals surface area contributed by atoms with Crippen molar-refractivity contribution in [3.05, 3.63) is 23.1 Å². The van der Waals surface area contributed by atoms with Gasteiger partial charge in [-0.2, -0.15) is 0 Å². The fourth-order valence-electron chi connectivity index (χ4n) is 1.90. The van der Waals surface area contributed by atoms with E-state index >= 15 is 0 Å². The number of thiophene rings is 1. The molecule has 0 atom stereocenters. The maximum atomic E-state index is 5.00. The third kappa shape index (κ3) is 2.16. The van der Waals surface area contributed by atoms with E-state index in [9.17, 15) is 0 Å². The molecule has 0 saturated carbocycles. The minimum absolute atomic E-state index is 0.468. The maximum Gasteiger partial charge on any atom is 0.233 e. The summed E-state index contributed by atoms with van der Waals surface area (Å²) in [5.74, 6) is 1.82. The number of nitrogens with zero attached hydrogens (tertiary/aromatic N) is 4. The van der Waals surface area contributed by atoms with Crippen LogP contribution in [0, 0.1) is 6.92 Å². The van der Waals surface area contributed by atoms with E-state index in [2.05, 4.69) is 38.5 Å². The Morgan fingerprint density at radius 3 is 2.70 bits per heavy atom. The van der Waals surface area contributed by atoms with Crippen molar-refractivity contribution in [1.82, 2.24) is 20.2 Å². The van der Waals surface area contributed by atoms with Gasteiger partial charge in [-0.3, -0.25) is 0 Å². The Balaban J connectivity index is 2.14. The van der Waals surface area contributed by atoms with Crippen molar-refractivity contribution in [3.8, 4) is 17.4 Å². The van der Waals surface area contributed by atoms with Crippen molar-refractivity contribution in [2.75, 3.05) is 19.5 Å². The summed E-state index contributed by atoms with van der Waals surface area (Å²) >= 11 is 1.63. The molecular formula is C13H13N5OS. The fourth-order valence-corrected chi connectivity index (χ4v) is 2.77. The number of aromatic nitrogens is 4. The zero-order valence-electron chi connectivity index (χ0n) is 11.3. The van der Waals surface area contributed by atoms with E-state index in [1.165, 1.54) is 4.88 Å². The number of hydrogen-bond donors (Lipinski definition) is 1. The molecule has 3 rings (SSSR count). The van der Waals surface area contributed by atoms with E-state index in [-0.39, 0.29) is 0 Å². The molecule has 6 nitrogen and oxygen atoms in total. The molecule has 102 valence electrons. The molecule has 0 saturated heterocycles. The van der Waals surface area contributed by atoms with Crippen LogP contribution in [0.25, 0.3) is 21.7 Å². The van der Waals surface area contributed by atoms with Crippen LogP contribution < -0.4 is 10.1 Å². The Hall–Kier alpha value is -2.28. The van der Waals surface area contributed by atoms with Gasteiger partial charge in [0.05, 0.1) is 12.5 Å². The molecule has 1 N–H and O–H groups in total. The molecule has 0 amide bonds. The quantitative estimate of drug-likeness (QED) is 0.798. The van der Waals surface area contributed by atoms with Crippen LogP contribution in [-0.2, 0) is 0 Å². The first-order chi connectivity index (χ1) is 9.71. The van der Waals surface area contributed by atoms with Gasteiger partial charge in [0.15, 0.2) is 5.82 Å². The molecule has 3 aromatic rings. The van der Waals surface area contributed by atoms with Crippen LogP contribution in [0.4, 0.5) is 5.82 Å². The van der Waals surface area contributed by atoms with Crippen LogP contribution in [0.2, 0.25) is 0 Å². The SMILES string of the molecule is CNc1nc(-c2ccc(OC)nn2)nc2sc(C)cc12. The molecule has 7 heteroatoms. The summed E-state index contributed by atoms with van der Waals surface area (Å²) in [4.78, 5) is 11.2. The minimum atomic E-state index is 0.468. The Kier molecular flexibility index (Phi) is 3.19. The number of aryl methyl sites for hydroxylation is 1. The monoisotopic (exact) mass is 287 g/mol. The van der Waals surface area contributed by atoms with Gasteiger partial charge in [-0.15, -0.1) is 21.5 Å². The third-order valence-corrected chi connectivity index (χ3v) is 3.78. The molecule has 20 heavy (non-hydrogen) atoms. The van der Waals surface area contributed by atoms with Gasteiger partial charge in [-0.05, 0) is 19.1 Å². The second-order valence-corrected chi connectivity index (χ2v) is 5.42. The summed E-state index contributed by atoms with van der Waals surface area (Å²) in [6, 6.07) is 5.62. The molecular weight excluding hydrogens is 274 g/mol. The smallest absolute Gasteiger partial charge is 0.233 e. The molecule has 0 aromatic carbocycles. The van der Waals surface area contributed by atoms with Crippen LogP contribution in [0.3, 0.4) is 0 Å². The van der Waals surface area contributed by atoms with Crippen molar-refractivity contribution < 1.29 is 4.74 Å². The van der Waals surface area contributed by atoms with Crippen molar-refractivity contribution >= 4 is 27.4 Å². The first-order valence-corrected chi connectivity index (χ1v) is 6.87. The minimum Gasteiger partial charge on any atom is -0.480 e. The van der Waals surface area contributed by atoms with Crippen molar-refractivity contribution in [2.45, 2.75) is 6.92 Å². The van der Waals surface area contributed by atoms with E-state index in [4.69, 9.17) is 4.74 Å². The first kappa shape index (κ1) is 12.7. The van der Waals surface area contributed by atoms with E-state index in [0.717, 1.165) is 16.0 Å². The number of anilines is 1. The summed E-state index contributed by atoms with van der Waals surface area (Å²) in [5, 5.41) is 12.2. The Morgan fingerprint density at radius 2 is 2.05 bits per heavy atom. The van der Waals surface area contributed by atoms with E-state index in [0.29, 0.717) is 17.4 Å². The third-order valence-electron chi connectivity index (χ3n) is 2.83. The van der Waals surface area contributed by atoms with E-state index in [1.54, 1.807) is 30.6 Å². The van der Waals surface area contributed by atoms with Gasteiger partial charge in [0.25, 0.3) is 0 Å². The lowest BCUT2D eigenvalue weighted by molar-refractivity contribution is 0.392. The number of ether oxygens (including phenoxy) is 1. The van der Waals surface area contributed by atoms with Crippen LogP contribution >= 0.6 is 11.3 Å². The number of hydrogen-bond acceptors (Lipinski definition) is 7. The highest BCUT2D eigenvalue weighted by Gasteiger charge is 2.12. The number of nitrogens with one attached hydrogen (secondary N) is 1. The van der Waals surface area contributed by atoms with E-state index < -0.39 is 0 Å². The normalized spacial score (nSPS) is 10.8. The van der Waals surface area contributed by atoms with Crippen LogP contribution in [0.1, 0.15) is 4.88 Å². The summed E-state index contributed by atoms with van der Waals surface area (Å²) in [6.07, 6.45) is 0. The first-order valence-electron chi connectivity index (χ1n) is 6.05. The zero-order chi connectivity index (χ0) is 14.1. The maximum absolute atomic E-state index is 5.00. The Morgan fingerprint density at radius 1 is 1.20 bits per heavy atom. The number of methoxy groups -OCH3 is 1. The standard InChI is InChI=1S/C13H13N5OS/c1-7-6-8-11(14-2)15-12(16-13(8)20-7)9-4-5-10(19-3)18-17-9/h4-6H,1-3H3,(H,14,15,16). The van der Waals surface area contributed by atoms with Gasteiger partial charge in [-0.1, -0.05) is 0 Å². The average Bonchev–Trinajstić information content (AvgIpc) is 2.86. The average molecular weight is 287 g/mol. The number of fused-ring (bicyclic) bond motifs is 1. The van der Waals surface area contributed by atoms with Gasteiger partial charge >= 0.3 is 0 Å². The molecule has 0 spiro atoms. The lowest BCUT2D eigenvalue weighted by atomic mass is 10.3. The highest BCUT2D eigenvalue weighted by atomic mass is 32.1. The van der Waals surface area contributed by atoms with Gasteiger partial charge in [0.2, 0.25) is 5.88 Å². The Labute approximate surface area is 119 Å². The van der Waals surface area contributed by atoms with Gasteiger partial charge in [0, 0.05) is 18.0 Å². The van der Waals surface area contributed by atoms with Gasteiger partial charge in [0.1, 0.15) is 16.3 Å². The summed E-state index contributed by atoms with van der Waals surface area (Å²) in [7, 11) is 3.40. The van der Waals surface area contributed by atoms with Crippen molar-refractivity contribution in [1.29, 1.82) is 0 Å². The molecule has 3 heterocycles. The van der Waals surface area contributed by atoms with Crippen molar-refractivity contribution in [3.63, 3.8) is 0 Å². The second kappa shape index (κ2) is 5.01. The van der Waals surface area contributed by atoms with Gasteiger partial charge < -0.3 is 10.1 Å². The van der Waals surface area contributed by atoms with E-state index in [1.807, 2.05) is 7.05 Å². The molecule has 0 aliphatic carbocycles. The predicted molar refractivity (Wildman–Crippen MR) is 79.3 cm³/mol. The van der Waals surface area contributed by atoms with Crippen LogP contribution in [0.15, 0.2) is 18.2 Å². The lowest BCUT2D eigenvalue weighted by Gasteiger charge is -2.04. The Bertz CT molecular complexity index is 753. The highest BCUT2D eigenvalue weighted by Crippen LogP contribution is 2.30. The molecule has 0 radical (unpaired) electrons. The summed E-state index contributed by atoms with van der Waals surface area (Å²) in [5.41, 5.74) is 0.621. The number of rotatable bonds is 3.